The molecule has 108 valence electrons. The molecule has 0 heterocycles. The summed E-state index contributed by atoms with van der Waals surface area (Å²) in [6.07, 6.45) is 1.92. The number of hydrogen-bond acceptors (Lipinski definition) is 4. The van der Waals surface area contributed by atoms with Crippen molar-refractivity contribution in [3.8, 4) is 0 Å². The largest absolute Gasteiger partial charge is 0.368 e. The van der Waals surface area contributed by atoms with Crippen molar-refractivity contribution in [3.63, 3.8) is 0 Å². The molecule has 1 fully saturated rings. The Morgan fingerprint density at radius 1 is 1.55 bits per heavy atom. The lowest BCUT2D eigenvalue weighted by atomic mass is 10.2. The number of carbonyl (C=O) groups excluding carboxylic acids is 1. The van der Waals surface area contributed by atoms with Crippen LogP contribution in [0, 0.1) is 15.9 Å². The van der Waals surface area contributed by atoms with E-state index in [2.05, 4.69) is 26.6 Å². The lowest BCUT2D eigenvalue weighted by Gasteiger charge is -2.15. The number of hydrogen-bond donors (Lipinski definition) is 2. The maximum absolute atomic E-state index is 13.3. The summed E-state index contributed by atoms with van der Waals surface area (Å²) in [5.74, 6) is -0.959. The van der Waals surface area contributed by atoms with Gasteiger partial charge in [0.1, 0.15) is 17.5 Å². The van der Waals surface area contributed by atoms with Crippen LogP contribution in [0.1, 0.15) is 19.8 Å². The van der Waals surface area contributed by atoms with E-state index in [1.54, 1.807) is 6.92 Å². The van der Waals surface area contributed by atoms with E-state index in [4.69, 9.17) is 0 Å². The Kier molecular flexibility index (Phi) is 4.22. The predicted molar refractivity (Wildman–Crippen MR) is 75.0 cm³/mol. The van der Waals surface area contributed by atoms with Gasteiger partial charge in [-0.1, -0.05) is 0 Å². The van der Waals surface area contributed by atoms with E-state index in [1.807, 2.05) is 0 Å². The van der Waals surface area contributed by atoms with E-state index < -0.39 is 22.5 Å². The molecule has 0 aromatic heterocycles. The molecule has 0 bridgehead atoms. The van der Waals surface area contributed by atoms with E-state index >= 15 is 0 Å². The average Bonchev–Trinajstić information content (AvgIpc) is 3.16. The first-order chi connectivity index (χ1) is 9.38. The number of amides is 1. The van der Waals surface area contributed by atoms with Crippen molar-refractivity contribution < 1.29 is 14.1 Å². The van der Waals surface area contributed by atoms with Gasteiger partial charge in [0.25, 0.3) is 5.69 Å². The van der Waals surface area contributed by atoms with Crippen molar-refractivity contribution in [2.24, 2.45) is 0 Å². The molecule has 2 rings (SSSR count). The van der Waals surface area contributed by atoms with Gasteiger partial charge in [-0.25, -0.2) is 4.39 Å². The number of nitrogens with zero attached hydrogens (tertiary/aromatic N) is 1. The van der Waals surface area contributed by atoms with Gasteiger partial charge in [-0.05, 0) is 41.8 Å². The molecule has 6 nitrogen and oxygen atoms in total. The van der Waals surface area contributed by atoms with Gasteiger partial charge in [0.15, 0.2) is 0 Å². The first kappa shape index (κ1) is 14.7. The van der Waals surface area contributed by atoms with Crippen molar-refractivity contribution in [2.45, 2.75) is 31.8 Å². The third kappa shape index (κ3) is 3.44. The summed E-state index contributed by atoms with van der Waals surface area (Å²) in [4.78, 5) is 22.0. The van der Waals surface area contributed by atoms with Crippen LogP contribution in [-0.2, 0) is 4.79 Å². The molecule has 2 N–H and O–H groups in total. The quantitative estimate of drug-likeness (QED) is 0.634. The highest BCUT2D eigenvalue weighted by atomic mass is 79.9. The van der Waals surface area contributed by atoms with Crippen LogP contribution in [-0.4, -0.2) is 22.9 Å². The molecule has 1 amide bonds. The molecule has 0 spiro atoms. The Morgan fingerprint density at radius 2 is 2.20 bits per heavy atom. The van der Waals surface area contributed by atoms with Crippen LogP contribution in [0.15, 0.2) is 16.6 Å². The summed E-state index contributed by atoms with van der Waals surface area (Å²) in [5, 5.41) is 16.4. The Labute approximate surface area is 123 Å². The van der Waals surface area contributed by atoms with Crippen molar-refractivity contribution >= 4 is 33.2 Å². The van der Waals surface area contributed by atoms with Crippen molar-refractivity contribution in [3.05, 3.63) is 32.5 Å². The predicted octanol–water partition coefficient (Wildman–Crippen LogP) is 2.58. The Balaban J connectivity index is 2.16. The second-order valence-electron chi connectivity index (χ2n) is 4.69. The SMILES string of the molecule is CC(Nc1cc(Br)c(F)cc1[N+](=O)[O-])C(=O)NC1CC1. The lowest BCUT2D eigenvalue weighted by Crippen LogP contribution is -2.38. The molecule has 1 aliphatic carbocycles. The monoisotopic (exact) mass is 345 g/mol. The van der Waals surface area contributed by atoms with Crippen LogP contribution < -0.4 is 10.6 Å². The molecule has 0 aliphatic heterocycles. The number of nitro groups is 1. The fraction of sp³-hybridized carbons (Fsp3) is 0.417. The van der Waals surface area contributed by atoms with Gasteiger partial charge in [0.2, 0.25) is 5.91 Å². The third-order valence-electron chi connectivity index (χ3n) is 2.92. The standard InChI is InChI=1S/C12H13BrFN3O3/c1-6(12(18)16-7-2-3-7)15-10-4-8(13)9(14)5-11(10)17(19)20/h4-7,15H,2-3H2,1H3,(H,16,18). The molecule has 1 unspecified atom stereocenters. The molecule has 1 aromatic carbocycles. The molecule has 1 aliphatic rings. The van der Waals surface area contributed by atoms with Crippen LogP contribution >= 0.6 is 15.9 Å². The zero-order chi connectivity index (χ0) is 14.9. The Morgan fingerprint density at radius 3 is 2.75 bits per heavy atom. The number of carbonyl (C=O) groups is 1. The summed E-state index contributed by atoms with van der Waals surface area (Å²) in [6.45, 7) is 1.60. The normalized spacial score (nSPS) is 15.6. The van der Waals surface area contributed by atoms with Crippen LogP contribution in [0.3, 0.4) is 0 Å². The maximum Gasteiger partial charge on any atom is 0.295 e. The summed E-state index contributed by atoms with van der Waals surface area (Å²) in [5.41, 5.74) is -0.307. The maximum atomic E-state index is 13.3. The van der Waals surface area contributed by atoms with Crippen molar-refractivity contribution in [2.75, 3.05) is 5.32 Å². The zero-order valence-electron chi connectivity index (χ0n) is 10.7. The van der Waals surface area contributed by atoms with Gasteiger partial charge in [-0.3, -0.25) is 14.9 Å². The first-order valence-corrected chi connectivity index (χ1v) is 6.88. The van der Waals surface area contributed by atoms with Crippen LogP contribution in [0.25, 0.3) is 0 Å². The highest BCUT2D eigenvalue weighted by Gasteiger charge is 2.27. The number of rotatable bonds is 5. The molecular formula is C12H13BrFN3O3. The van der Waals surface area contributed by atoms with E-state index in [9.17, 15) is 19.3 Å². The molecule has 8 heteroatoms. The molecule has 1 saturated carbocycles. The van der Waals surface area contributed by atoms with Gasteiger partial charge < -0.3 is 10.6 Å². The first-order valence-electron chi connectivity index (χ1n) is 6.09. The minimum absolute atomic E-state index is 0.0976. The fourth-order valence-electron chi connectivity index (χ4n) is 1.66. The van der Waals surface area contributed by atoms with Crippen LogP contribution in [0.2, 0.25) is 0 Å². The second-order valence-corrected chi connectivity index (χ2v) is 5.54. The number of benzene rings is 1. The molecule has 1 atom stereocenters. The highest BCUT2D eigenvalue weighted by molar-refractivity contribution is 9.10. The minimum Gasteiger partial charge on any atom is -0.368 e. The Hall–Kier alpha value is -1.70. The van der Waals surface area contributed by atoms with Crippen molar-refractivity contribution in [1.82, 2.24) is 5.32 Å². The smallest absolute Gasteiger partial charge is 0.295 e. The van der Waals surface area contributed by atoms with E-state index in [0.29, 0.717) is 0 Å². The van der Waals surface area contributed by atoms with Gasteiger partial charge in [0.05, 0.1) is 15.5 Å². The number of halogens is 2. The van der Waals surface area contributed by atoms with Crippen LogP contribution in [0.4, 0.5) is 15.8 Å². The molecule has 1 aromatic rings. The molecular weight excluding hydrogens is 333 g/mol. The molecule has 0 saturated heterocycles. The van der Waals surface area contributed by atoms with E-state index in [1.165, 1.54) is 6.07 Å². The summed E-state index contributed by atoms with van der Waals surface area (Å²) < 4.78 is 13.4. The summed E-state index contributed by atoms with van der Waals surface area (Å²) >= 11 is 2.97. The number of nitrogens with one attached hydrogen (secondary N) is 2. The zero-order valence-corrected chi connectivity index (χ0v) is 12.2. The average molecular weight is 346 g/mol. The summed E-state index contributed by atoms with van der Waals surface area (Å²) in [6, 6.07) is 1.64. The summed E-state index contributed by atoms with van der Waals surface area (Å²) in [7, 11) is 0. The number of anilines is 1. The van der Waals surface area contributed by atoms with Gasteiger partial charge in [-0.2, -0.15) is 0 Å². The molecule has 20 heavy (non-hydrogen) atoms. The van der Waals surface area contributed by atoms with Crippen LogP contribution in [0.5, 0.6) is 0 Å². The second kappa shape index (κ2) is 5.74. The van der Waals surface area contributed by atoms with E-state index in [0.717, 1.165) is 18.9 Å². The van der Waals surface area contributed by atoms with Crippen molar-refractivity contribution in [1.29, 1.82) is 0 Å². The van der Waals surface area contributed by atoms with Gasteiger partial charge in [-0.15, -0.1) is 0 Å². The minimum atomic E-state index is -0.725. The molecule has 0 radical (unpaired) electrons. The fourth-order valence-corrected chi connectivity index (χ4v) is 2.00. The topological polar surface area (TPSA) is 84.3 Å². The highest BCUT2D eigenvalue weighted by Crippen LogP contribution is 2.31. The third-order valence-corrected chi connectivity index (χ3v) is 3.53. The van der Waals surface area contributed by atoms with Gasteiger partial charge >= 0.3 is 0 Å². The number of nitro benzene ring substituents is 1. The lowest BCUT2D eigenvalue weighted by molar-refractivity contribution is -0.384. The Bertz CT molecular complexity index is 563. The van der Waals surface area contributed by atoms with Gasteiger partial charge in [0, 0.05) is 6.04 Å². The van der Waals surface area contributed by atoms with E-state index in [-0.39, 0.29) is 22.1 Å².